The van der Waals surface area contributed by atoms with Crippen LogP contribution in [0, 0.1) is 0 Å². The van der Waals surface area contributed by atoms with Crippen molar-refractivity contribution < 1.29 is 4.79 Å². The molecular formula is C14H18N4O. The summed E-state index contributed by atoms with van der Waals surface area (Å²) in [5.74, 6) is 0.712. The SMILES string of the molecule is CC(C)NC(=O)Cn1ccnc1-c1cccc(N)c1. The summed E-state index contributed by atoms with van der Waals surface area (Å²) in [7, 11) is 0. The van der Waals surface area contributed by atoms with Crippen LogP contribution in [0.15, 0.2) is 36.7 Å². The number of nitrogen functional groups attached to an aromatic ring is 1. The van der Waals surface area contributed by atoms with Gasteiger partial charge in [0.2, 0.25) is 5.91 Å². The van der Waals surface area contributed by atoms with Crippen molar-refractivity contribution in [2.45, 2.75) is 26.4 Å². The van der Waals surface area contributed by atoms with Gasteiger partial charge < -0.3 is 15.6 Å². The Morgan fingerprint density at radius 3 is 2.95 bits per heavy atom. The number of hydrogen-bond acceptors (Lipinski definition) is 3. The first kappa shape index (κ1) is 13.1. The minimum absolute atomic E-state index is 0.0295. The average molecular weight is 258 g/mol. The number of aromatic nitrogens is 2. The molecule has 0 spiro atoms. The van der Waals surface area contributed by atoms with Crippen LogP contribution in [0.4, 0.5) is 5.69 Å². The van der Waals surface area contributed by atoms with Crippen molar-refractivity contribution >= 4 is 11.6 Å². The van der Waals surface area contributed by atoms with Crippen LogP contribution in [0.2, 0.25) is 0 Å². The number of rotatable bonds is 4. The molecule has 0 aliphatic heterocycles. The number of amides is 1. The van der Waals surface area contributed by atoms with E-state index in [4.69, 9.17) is 5.73 Å². The Balaban J connectivity index is 2.21. The third kappa shape index (κ3) is 3.34. The van der Waals surface area contributed by atoms with E-state index in [1.54, 1.807) is 12.4 Å². The fraction of sp³-hybridized carbons (Fsp3) is 0.286. The van der Waals surface area contributed by atoms with Gasteiger partial charge in [-0.05, 0) is 26.0 Å². The summed E-state index contributed by atoms with van der Waals surface area (Å²) in [5, 5.41) is 2.86. The van der Waals surface area contributed by atoms with Gasteiger partial charge in [0.25, 0.3) is 0 Å². The highest BCUT2D eigenvalue weighted by molar-refractivity contribution is 5.76. The molecule has 0 bridgehead atoms. The summed E-state index contributed by atoms with van der Waals surface area (Å²) in [6.45, 7) is 4.12. The van der Waals surface area contributed by atoms with Gasteiger partial charge in [0.1, 0.15) is 12.4 Å². The lowest BCUT2D eigenvalue weighted by atomic mass is 10.2. The van der Waals surface area contributed by atoms with Crippen molar-refractivity contribution in [3.63, 3.8) is 0 Å². The molecule has 0 aliphatic rings. The molecule has 0 radical (unpaired) electrons. The minimum Gasteiger partial charge on any atom is -0.399 e. The normalized spacial score (nSPS) is 10.7. The molecule has 5 nitrogen and oxygen atoms in total. The lowest BCUT2D eigenvalue weighted by molar-refractivity contribution is -0.122. The highest BCUT2D eigenvalue weighted by Crippen LogP contribution is 2.19. The monoisotopic (exact) mass is 258 g/mol. The van der Waals surface area contributed by atoms with E-state index in [-0.39, 0.29) is 18.5 Å². The maximum Gasteiger partial charge on any atom is 0.240 e. The molecule has 2 rings (SSSR count). The molecule has 0 saturated heterocycles. The van der Waals surface area contributed by atoms with Gasteiger partial charge in [0, 0.05) is 29.7 Å². The summed E-state index contributed by atoms with van der Waals surface area (Å²) in [6, 6.07) is 7.60. The molecule has 1 aromatic carbocycles. The lowest BCUT2D eigenvalue weighted by Gasteiger charge is -2.11. The van der Waals surface area contributed by atoms with Crippen LogP contribution in [-0.4, -0.2) is 21.5 Å². The molecule has 3 N–H and O–H groups in total. The predicted octanol–water partition coefficient (Wildman–Crippen LogP) is 1.66. The van der Waals surface area contributed by atoms with E-state index in [9.17, 15) is 4.79 Å². The third-order valence-corrected chi connectivity index (χ3v) is 2.62. The highest BCUT2D eigenvalue weighted by Gasteiger charge is 2.10. The molecule has 0 fully saturated rings. The zero-order chi connectivity index (χ0) is 13.8. The van der Waals surface area contributed by atoms with Gasteiger partial charge in [-0.2, -0.15) is 0 Å². The van der Waals surface area contributed by atoms with E-state index in [0.717, 1.165) is 11.4 Å². The van der Waals surface area contributed by atoms with Gasteiger partial charge in [-0.25, -0.2) is 4.98 Å². The maximum absolute atomic E-state index is 11.8. The Morgan fingerprint density at radius 2 is 2.26 bits per heavy atom. The number of nitrogens with zero attached hydrogens (tertiary/aromatic N) is 2. The molecular weight excluding hydrogens is 240 g/mol. The summed E-state index contributed by atoms with van der Waals surface area (Å²) in [5.41, 5.74) is 7.35. The summed E-state index contributed by atoms with van der Waals surface area (Å²) in [6.07, 6.45) is 3.47. The first-order valence-corrected chi connectivity index (χ1v) is 6.22. The van der Waals surface area contributed by atoms with Crippen molar-refractivity contribution in [1.82, 2.24) is 14.9 Å². The van der Waals surface area contributed by atoms with Gasteiger partial charge >= 0.3 is 0 Å². The van der Waals surface area contributed by atoms with Crippen LogP contribution in [0.25, 0.3) is 11.4 Å². The minimum atomic E-state index is -0.0295. The van der Waals surface area contributed by atoms with Gasteiger partial charge in [-0.15, -0.1) is 0 Å². The summed E-state index contributed by atoms with van der Waals surface area (Å²) in [4.78, 5) is 16.1. The number of carbonyl (C=O) groups is 1. The fourth-order valence-corrected chi connectivity index (χ4v) is 1.90. The van der Waals surface area contributed by atoms with Gasteiger partial charge in [0.05, 0.1) is 0 Å². The first-order valence-electron chi connectivity index (χ1n) is 6.22. The summed E-state index contributed by atoms with van der Waals surface area (Å²) < 4.78 is 1.81. The second kappa shape index (κ2) is 5.56. The van der Waals surface area contributed by atoms with Crippen molar-refractivity contribution in [2.75, 3.05) is 5.73 Å². The van der Waals surface area contributed by atoms with Crippen LogP contribution in [0.5, 0.6) is 0 Å². The average Bonchev–Trinajstić information content (AvgIpc) is 2.75. The zero-order valence-corrected chi connectivity index (χ0v) is 11.1. The lowest BCUT2D eigenvalue weighted by Crippen LogP contribution is -2.33. The van der Waals surface area contributed by atoms with Crippen LogP contribution < -0.4 is 11.1 Å². The smallest absolute Gasteiger partial charge is 0.240 e. The third-order valence-electron chi connectivity index (χ3n) is 2.62. The van der Waals surface area contributed by atoms with Crippen molar-refractivity contribution in [3.8, 4) is 11.4 Å². The Hall–Kier alpha value is -2.30. The number of benzene rings is 1. The molecule has 19 heavy (non-hydrogen) atoms. The second-order valence-electron chi connectivity index (χ2n) is 4.73. The molecule has 0 aliphatic carbocycles. The van der Waals surface area contributed by atoms with Crippen LogP contribution in [0.1, 0.15) is 13.8 Å². The Labute approximate surface area is 112 Å². The molecule has 100 valence electrons. The number of anilines is 1. The zero-order valence-electron chi connectivity index (χ0n) is 11.1. The number of imidazole rings is 1. The van der Waals surface area contributed by atoms with Crippen molar-refractivity contribution in [3.05, 3.63) is 36.7 Å². The van der Waals surface area contributed by atoms with E-state index >= 15 is 0 Å². The maximum atomic E-state index is 11.8. The van der Waals surface area contributed by atoms with Gasteiger partial charge in [-0.1, -0.05) is 12.1 Å². The number of carbonyl (C=O) groups excluding carboxylic acids is 1. The molecule has 2 aromatic rings. The molecule has 0 atom stereocenters. The quantitative estimate of drug-likeness (QED) is 0.819. The second-order valence-corrected chi connectivity index (χ2v) is 4.73. The summed E-state index contributed by atoms with van der Waals surface area (Å²) >= 11 is 0. The van der Waals surface area contributed by atoms with Crippen LogP contribution in [-0.2, 0) is 11.3 Å². The number of nitrogens with two attached hydrogens (primary N) is 1. The van der Waals surface area contributed by atoms with E-state index in [2.05, 4.69) is 10.3 Å². The standard InChI is InChI=1S/C14H18N4O/c1-10(2)17-13(19)9-18-7-6-16-14(18)11-4-3-5-12(15)8-11/h3-8,10H,9,15H2,1-2H3,(H,17,19). The van der Waals surface area contributed by atoms with E-state index in [1.807, 2.05) is 42.7 Å². The van der Waals surface area contributed by atoms with Gasteiger partial charge in [-0.3, -0.25) is 4.79 Å². The first-order chi connectivity index (χ1) is 9.06. The Bertz CT molecular complexity index is 574. The van der Waals surface area contributed by atoms with E-state index < -0.39 is 0 Å². The molecule has 1 aromatic heterocycles. The Kier molecular flexibility index (Phi) is 3.85. The van der Waals surface area contributed by atoms with Gasteiger partial charge in [0.15, 0.2) is 0 Å². The van der Waals surface area contributed by atoms with Crippen molar-refractivity contribution in [2.24, 2.45) is 0 Å². The predicted molar refractivity (Wildman–Crippen MR) is 75.4 cm³/mol. The molecule has 0 unspecified atom stereocenters. The molecule has 5 heteroatoms. The van der Waals surface area contributed by atoms with Crippen molar-refractivity contribution in [1.29, 1.82) is 0 Å². The largest absolute Gasteiger partial charge is 0.399 e. The number of nitrogens with one attached hydrogen (secondary N) is 1. The molecule has 1 amide bonds. The van der Waals surface area contributed by atoms with Crippen LogP contribution in [0.3, 0.4) is 0 Å². The number of hydrogen-bond donors (Lipinski definition) is 2. The Morgan fingerprint density at radius 1 is 1.47 bits per heavy atom. The van der Waals surface area contributed by atoms with E-state index in [0.29, 0.717) is 5.69 Å². The topological polar surface area (TPSA) is 72.9 Å². The highest BCUT2D eigenvalue weighted by atomic mass is 16.2. The van der Waals surface area contributed by atoms with E-state index in [1.165, 1.54) is 0 Å². The van der Waals surface area contributed by atoms with Crippen LogP contribution >= 0.6 is 0 Å². The molecule has 1 heterocycles. The fourth-order valence-electron chi connectivity index (χ4n) is 1.90. The molecule has 0 saturated carbocycles.